The highest BCUT2D eigenvalue weighted by Gasteiger charge is 2.25. The summed E-state index contributed by atoms with van der Waals surface area (Å²) < 4.78 is 18.2. The zero-order chi connectivity index (χ0) is 22.6. The van der Waals surface area contributed by atoms with Gasteiger partial charge in [-0.05, 0) is 54.3 Å². The van der Waals surface area contributed by atoms with Crippen LogP contribution >= 0.6 is 22.6 Å². The van der Waals surface area contributed by atoms with Gasteiger partial charge in [-0.3, -0.25) is 4.98 Å². The van der Waals surface area contributed by atoms with Crippen molar-refractivity contribution >= 4 is 45.3 Å². The number of halogens is 1. The number of aromatic nitrogens is 4. The number of rotatable bonds is 6. The highest BCUT2D eigenvalue weighted by Crippen LogP contribution is 2.32. The van der Waals surface area contributed by atoms with E-state index in [4.69, 9.17) is 19.2 Å². The van der Waals surface area contributed by atoms with Gasteiger partial charge in [0.15, 0.2) is 5.75 Å². The lowest BCUT2D eigenvalue weighted by atomic mass is 9.93. The molecule has 0 unspecified atom stereocenters. The number of fused-ring (bicyclic) bond motifs is 1. The first-order valence-electron chi connectivity index (χ1n) is 11.3. The summed E-state index contributed by atoms with van der Waals surface area (Å²) >= 11 is 2.28. The van der Waals surface area contributed by atoms with E-state index in [9.17, 15) is 0 Å². The van der Waals surface area contributed by atoms with Crippen molar-refractivity contribution in [2.24, 2.45) is 0 Å². The molecule has 33 heavy (non-hydrogen) atoms. The summed E-state index contributed by atoms with van der Waals surface area (Å²) in [5, 5.41) is 4.39. The van der Waals surface area contributed by atoms with E-state index < -0.39 is 0 Å². The van der Waals surface area contributed by atoms with Crippen molar-refractivity contribution < 1.29 is 14.2 Å². The fraction of sp³-hybridized carbons (Fsp3) is 0.478. The summed E-state index contributed by atoms with van der Waals surface area (Å²) in [4.78, 5) is 20.4. The van der Waals surface area contributed by atoms with E-state index >= 15 is 0 Å². The molecular weight excluding hydrogens is 535 g/mol. The average Bonchev–Trinajstić information content (AvgIpc) is 2.86. The topological polar surface area (TPSA) is 94.5 Å². The summed E-state index contributed by atoms with van der Waals surface area (Å²) in [5.74, 6) is 2.86. The molecule has 2 fully saturated rings. The predicted octanol–water partition coefficient (Wildman–Crippen LogP) is 3.67. The normalized spacial score (nSPS) is 21.1. The van der Waals surface area contributed by atoms with E-state index in [1.165, 1.54) is 0 Å². The van der Waals surface area contributed by atoms with Crippen LogP contribution in [0.25, 0.3) is 10.9 Å². The molecule has 1 aliphatic heterocycles. The summed E-state index contributed by atoms with van der Waals surface area (Å²) in [6, 6.07) is 4.48. The van der Waals surface area contributed by atoms with Gasteiger partial charge in [0, 0.05) is 35.0 Å². The molecule has 0 spiro atoms. The van der Waals surface area contributed by atoms with Crippen molar-refractivity contribution in [3.63, 3.8) is 0 Å². The van der Waals surface area contributed by atoms with Crippen LogP contribution in [0.2, 0.25) is 0 Å². The molecule has 2 aliphatic rings. The average molecular weight is 562 g/mol. The number of methoxy groups -OCH3 is 1. The number of hydrogen-bond donors (Lipinski definition) is 1. The first-order chi connectivity index (χ1) is 16.2. The van der Waals surface area contributed by atoms with Crippen molar-refractivity contribution in [2.45, 2.75) is 37.8 Å². The van der Waals surface area contributed by atoms with Crippen LogP contribution in [0, 0.1) is 3.57 Å². The molecule has 1 N–H and O–H groups in total. The molecule has 0 bridgehead atoms. The SMILES string of the molecule is COc1cnc(NC2CCC(Oc3nc(N4CCOCC4)cc4ncc(I)cc34)CC2)nc1. The molecule has 5 rings (SSSR count). The lowest BCUT2D eigenvalue weighted by Gasteiger charge is -2.31. The number of anilines is 2. The maximum atomic E-state index is 6.50. The second-order valence-corrected chi connectivity index (χ2v) is 9.53. The Balaban J connectivity index is 1.28. The Hall–Kier alpha value is -2.47. The van der Waals surface area contributed by atoms with E-state index in [2.05, 4.69) is 59.9 Å². The maximum absolute atomic E-state index is 6.50. The molecule has 174 valence electrons. The summed E-state index contributed by atoms with van der Waals surface area (Å²) in [5.41, 5.74) is 0.911. The van der Waals surface area contributed by atoms with Crippen LogP contribution in [0.1, 0.15) is 25.7 Å². The molecule has 1 saturated heterocycles. The van der Waals surface area contributed by atoms with Crippen molar-refractivity contribution in [2.75, 3.05) is 43.6 Å². The Morgan fingerprint density at radius 1 is 1.03 bits per heavy atom. The Morgan fingerprint density at radius 2 is 1.79 bits per heavy atom. The zero-order valence-electron chi connectivity index (χ0n) is 18.5. The second kappa shape index (κ2) is 10.2. The van der Waals surface area contributed by atoms with Crippen LogP contribution < -0.4 is 19.7 Å². The Labute approximate surface area is 206 Å². The summed E-state index contributed by atoms with van der Waals surface area (Å²) in [6.45, 7) is 3.08. The van der Waals surface area contributed by atoms with Gasteiger partial charge in [-0.15, -0.1) is 0 Å². The molecule has 9 nitrogen and oxygen atoms in total. The predicted molar refractivity (Wildman–Crippen MR) is 134 cm³/mol. The van der Waals surface area contributed by atoms with Crippen molar-refractivity contribution in [3.05, 3.63) is 34.3 Å². The molecule has 4 heterocycles. The number of ether oxygens (including phenoxy) is 3. The van der Waals surface area contributed by atoms with Gasteiger partial charge in [-0.25, -0.2) is 9.97 Å². The molecule has 0 atom stereocenters. The minimum Gasteiger partial charge on any atom is -0.494 e. The smallest absolute Gasteiger partial charge is 0.225 e. The molecule has 0 aromatic carbocycles. The highest BCUT2D eigenvalue weighted by molar-refractivity contribution is 14.1. The van der Waals surface area contributed by atoms with Gasteiger partial charge in [0.2, 0.25) is 11.8 Å². The summed E-state index contributed by atoms with van der Waals surface area (Å²) in [6.07, 6.45) is 9.21. The molecule has 0 amide bonds. The number of hydrogen-bond acceptors (Lipinski definition) is 9. The number of nitrogens with one attached hydrogen (secondary N) is 1. The van der Waals surface area contributed by atoms with Crippen molar-refractivity contribution in [1.82, 2.24) is 19.9 Å². The van der Waals surface area contributed by atoms with Gasteiger partial charge < -0.3 is 24.4 Å². The van der Waals surface area contributed by atoms with Gasteiger partial charge in [0.1, 0.15) is 11.9 Å². The minimum absolute atomic E-state index is 0.119. The third-order valence-electron chi connectivity index (χ3n) is 6.08. The molecule has 10 heteroatoms. The standard InChI is InChI=1S/C23H27IN6O3/c1-31-18-13-26-23(27-14-18)28-16-2-4-17(5-3-16)33-22-19-10-15(24)12-25-20(19)11-21(29-22)30-6-8-32-9-7-30/h10-14,16-17H,2-9H2,1H3,(H,26,27,28). The third-order valence-corrected chi connectivity index (χ3v) is 6.67. The number of morpholine rings is 1. The van der Waals surface area contributed by atoms with Crippen LogP contribution in [0.5, 0.6) is 11.6 Å². The first kappa shape index (κ1) is 22.3. The monoisotopic (exact) mass is 562 g/mol. The Bertz CT molecular complexity index is 1090. The molecular formula is C23H27IN6O3. The van der Waals surface area contributed by atoms with Gasteiger partial charge in [0.25, 0.3) is 0 Å². The van der Waals surface area contributed by atoms with Gasteiger partial charge in [0.05, 0.1) is 43.6 Å². The quantitative estimate of drug-likeness (QED) is 0.452. The van der Waals surface area contributed by atoms with Gasteiger partial charge >= 0.3 is 0 Å². The van der Waals surface area contributed by atoms with Crippen LogP contribution in [0.15, 0.2) is 30.7 Å². The van der Waals surface area contributed by atoms with Crippen LogP contribution in [-0.4, -0.2) is 65.5 Å². The zero-order valence-corrected chi connectivity index (χ0v) is 20.7. The van der Waals surface area contributed by atoms with E-state index in [-0.39, 0.29) is 6.10 Å². The van der Waals surface area contributed by atoms with E-state index in [1.807, 2.05) is 6.20 Å². The molecule has 0 radical (unpaired) electrons. The number of pyridine rings is 2. The fourth-order valence-electron chi connectivity index (χ4n) is 4.26. The number of nitrogens with zero attached hydrogens (tertiary/aromatic N) is 5. The van der Waals surface area contributed by atoms with Crippen molar-refractivity contribution in [3.8, 4) is 11.6 Å². The van der Waals surface area contributed by atoms with Gasteiger partial charge in [-0.1, -0.05) is 0 Å². The Morgan fingerprint density at radius 3 is 2.52 bits per heavy atom. The van der Waals surface area contributed by atoms with Crippen LogP contribution in [0.4, 0.5) is 11.8 Å². The van der Waals surface area contributed by atoms with E-state index in [0.717, 1.165) is 59.1 Å². The van der Waals surface area contributed by atoms with Crippen LogP contribution in [0.3, 0.4) is 0 Å². The van der Waals surface area contributed by atoms with E-state index in [1.54, 1.807) is 19.5 Å². The summed E-state index contributed by atoms with van der Waals surface area (Å²) in [7, 11) is 1.61. The lowest BCUT2D eigenvalue weighted by molar-refractivity contribution is 0.122. The third kappa shape index (κ3) is 5.37. The maximum Gasteiger partial charge on any atom is 0.225 e. The molecule has 1 aliphatic carbocycles. The van der Waals surface area contributed by atoms with Crippen LogP contribution in [-0.2, 0) is 4.74 Å². The second-order valence-electron chi connectivity index (χ2n) is 8.29. The van der Waals surface area contributed by atoms with Gasteiger partial charge in [-0.2, -0.15) is 4.98 Å². The Kier molecular flexibility index (Phi) is 6.91. The van der Waals surface area contributed by atoms with Crippen molar-refractivity contribution in [1.29, 1.82) is 0 Å². The first-order valence-corrected chi connectivity index (χ1v) is 12.3. The molecule has 3 aromatic rings. The minimum atomic E-state index is 0.119. The highest BCUT2D eigenvalue weighted by atomic mass is 127. The van der Waals surface area contributed by atoms with E-state index in [0.29, 0.717) is 36.8 Å². The largest absolute Gasteiger partial charge is 0.494 e. The molecule has 3 aromatic heterocycles. The molecule has 1 saturated carbocycles. The lowest BCUT2D eigenvalue weighted by Crippen LogP contribution is -2.37. The fourth-order valence-corrected chi connectivity index (χ4v) is 4.71.